The van der Waals surface area contributed by atoms with E-state index in [0.717, 1.165) is 16.8 Å². The number of alkyl halides is 3. The predicted molar refractivity (Wildman–Crippen MR) is 120 cm³/mol. The van der Waals surface area contributed by atoms with Crippen LogP contribution in [-0.2, 0) is 17.3 Å². The average molecular weight is 501 g/mol. The van der Waals surface area contributed by atoms with Gasteiger partial charge in [-0.2, -0.15) is 13.2 Å². The Labute approximate surface area is 200 Å². The molecule has 2 heterocycles. The fourth-order valence-electron chi connectivity index (χ4n) is 4.77. The number of hydrogen-bond acceptors (Lipinski definition) is 5. The summed E-state index contributed by atoms with van der Waals surface area (Å²) in [5.74, 6) is -1.58. The minimum atomic E-state index is -4.61. The second-order valence-corrected chi connectivity index (χ2v) is 8.38. The van der Waals surface area contributed by atoms with Crippen LogP contribution < -0.4 is 16.1 Å². The van der Waals surface area contributed by atoms with Crippen LogP contribution in [0.5, 0.6) is 0 Å². The van der Waals surface area contributed by atoms with E-state index in [2.05, 4.69) is 0 Å². The van der Waals surface area contributed by atoms with Gasteiger partial charge in [0, 0.05) is 11.9 Å². The van der Waals surface area contributed by atoms with Gasteiger partial charge in [-0.05, 0) is 54.3 Å². The van der Waals surface area contributed by atoms with Crippen molar-refractivity contribution in [1.82, 2.24) is 9.13 Å². The summed E-state index contributed by atoms with van der Waals surface area (Å²) in [6.07, 6.45) is -4.25. The quantitative estimate of drug-likeness (QED) is 0.588. The number of ether oxygens (including phenoxy) is 1. The molecule has 3 aromatic rings. The molecule has 0 saturated carbocycles. The third-order valence-corrected chi connectivity index (χ3v) is 6.41. The molecule has 0 spiro atoms. The molecule has 1 atom stereocenters. The summed E-state index contributed by atoms with van der Waals surface area (Å²) < 4.78 is 47.1. The van der Waals surface area contributed by atoms with E-state index in [-0.39, 0.29) is 36.3 Å². The number of carboxylic acid groups (broad SMARTS) is 1. The van der Waals surface area contributed by atoms with E-state index in [4.69, 9.17) is 4.74 Å². The first-order chi connectivity index (χ1) is 17.1. The maximum atomic E-state index is 13.5. The number of aromatic nitrogens is 2. The molecule has 1 aromatic heterocycles. The number of benzene rings is 2. The molecule has 1 aliphatic carbocycles. The van der Waals surface area contributed by atoms with Crippen molar-refractivity contribution in [2.45, 2.75) is 25.1 Å². The van der Waals surface area contributed by atoms with Crippen molar-refractivity contribution in [3.63, 3.8) is 0 Å². The highest BCUT2D eigenvalue weighted by Gasteiger charge is 2.38. The zero-order valence-electron chi connectivity index (χ0n) is 18.5. The van der Waals surface area contributed by atoms with Crippen LogP contribution in [0.15, 0.2) is 58.3 Å². The summed E-state index contributed by atoms with van der Waals surface area (Å²) in [7, 11) is 0. The second kappa shape index (κ2) is 8.40. The Kier molecular flexibility index (Phi) is 5.46. The number of aromatic carboxylic acids is 1. The van der Waals surface area contributed by atoms with E-state index in [0.29, 0.717) is 16.8 Å². The third kappa shape index (κ3) is 3.74. The first-order valence-corrected chi connectivity index (χ1v) is 10.9. The number of carbonyl (C=O) groups excluding carboxylic acids is 1. The van der Waals surface area contributed by atoms with Gasteiger partial charge in [0.1, 0.15) is 12.2 Å². The van der Waals surface area contributed by atoms with Crippen LogP contribution in [0.1, 0.15) is 39.5 Å². The maximum Gasteiger partial charge on any atom is 0.416 e. The number of fused-ring (bicyclic) bond motifs is 1. The van der Waals surface area contributed by atoms with Gasteiger partial charge in [-0.15, -0.1) is 0 Å². The van der Waals surface area contributed by atoms with Gasteiger partial charge in [0.25, 0.3) is 5.56 Å². The van der Waals surface area contributed by atoms with Crippen molar-refractivity contribution < 1.29 is 32.6 Å². The lowest BCUT2D eigenvalue weighted by atomic mass is 10.0. The highest BCUT2D eigenvalue weighted by atomic mass is 19.4. The van der Waals surface area contributed by atoms with Gasteiger partial charge in [-0.25, -0.2) is 14.4 Å². The number of amides is 1. The van der Waals surface area contributed by atoms with Crippen molar-refractivity contribution in [1.29, 1.82) is 0 Å². The number of cyclic esters (lactones) is 1. The fraction of sp³-hybridized carbons (Fsp3) is 0.250. The summed E-state index contributed by atoms with van der Waals surface area (Å²) in [6.45, 7) is 0.569. The molecule has 9 nitrogen and oxygen atoms in total. The third-order valence-electron chi connectivity index (χ3n) is 6.41. The summed E-state index contributed by atoms with van der Waals surface area (Å²) >= 11 is 0. The van der Waals surface area contributed by atoms with Crippen molar-refractivity contribution in [3.05, 3.63) is 91.8 Å². The Bertz CT molecular complexity index is 1510. The monoisotopic (exact) mass is 501 g/mol. The molecule has 186 valence electrons. The lowest BCUT2D eigenvalue weighted by molar-refractivity contribution is -0.138. The number of carbonyl (C=O) groups is 2. The van der Waals surface area contributed by atoms with Gasteiger partial charge in [-0.1, -0.05) is 12.1 Å². The van der Waals surface area contributed by atoms with Crippen LogP contribution >= 0.6 is 0 Å². The van der Waals surface area contributed by atoms with Crippen molar-refractivity contribution in [2.75, 3.05) is 18.1 Å². The molecule has 36 heavy (non-hydrogen) atoms. The smallest absolute Gasteiger partial charge is 0.416 e. The van der Waals surface area contributed by atoms with Crippen LogP contribution in [0.3, 0.4) is 0 Å². The topological polar surface area (TPSA) is 111 Å². The number of halogens is 3. The van der Waals surface area contributed by atoms with Gasteiger partial charge in [0.15, 0.2) is 0 Å². The van der Waals surface area contributed by atoms with Gasteiger partial charge in [0.2, 0.25) is 0 Å². The molecule has 1 unspecified atom stereocenters. The van der Waals surface area contributed by atoms with Crippen LogP contribution in [0, 0.1) is 0 Å². The molecule has 1 aliphatic heterocycles. The molecule has 2 aliphatic rings. The fourth-order valence-corrected chi connectivity index (χ4v) is 4.77. The molecule has 0 radical (unpaired) electrons. The van der Waals surface area contributed by atoms with E-state index >= 15 is 0 Å². The Balaban J connectivity index is 1.65. The van der Waals surface area contributed by atoms with E-state index < -0.39 is 46.7 Å². The normalized spacial score (nSPS) is 17.2. The van der Waals surface area contributed by atoms with Gasteiger partial charge in [-0.3, -0.25) is 18.8 Å². The van der Waals surface area contributed by atoms with E-state index in [9.17, 15) is 37.5 Å². The van der Waals surface area contributed by atoms with E-state index in [1.807, 2.05) is 0 Å². The first kappa shape index (κ1) is 23.4. The molecule has 1 saturated heterocycles. The molecular weight excluding hydrogens is 483 g/mol. The lowest BCUT2D eigenvalue weighted by Gasteiger charge is -2.19. The lowest BCUT2D eigenvalue weighted by Crippen LogP contribution is -2.43. The molecule has 0 bridgehead atoms. The number of hydrogen-bond donors (Lipinski definition) is 1. The molecule has 5 rings (SSSR count). The largest absolute Gasteiger partial charge is 0.477 e. The van der Waals surface area contributed by atoms with Crippen molar-refractivity contribution in [3.8, 4) is 5.69 Å². The summed E-state index contributed by atoms with van der Waals surface area (Å²) in [5, 5.41) is 9.62. The minimum absolute atomic E-state index is 0.0181. The maximum absolute atomic E-state index is 13.5. The molecular formula is C24H18F3N3O6. The molecule has 1 amide bonds. The van der Waals surface area contributed by atoms with Crippen molar-refractivity contribution >= 4 is 17.7 Å². The van der Waals surface area contributed by atoms with E-state index in [1.54, 1.807) is 0 Å². The Morgan fingerprint density at radius 2 is 1.72 bits per heavy atom. The molecule has 1 N–H and O–H groups in total. The molecule has 2 aromatic carbocycles. The average Bonchev–Trinajstić information content (AvgIpc) is 3.45. The van der Waals surface area contributed by atoms with Gasteiger partial charge >= 0.3 is 23.9 Å². The van der Waals surface area contributed by atoms with E-state index in [1.165, 1.54) is 41.3 Å². The highest BCUT2D eigenvalue weighted by molar-refractivity contribution is 5.89. The summed E-state index contributed by atoms with van der Waals surface area (Å²) in [5.41, 5.74) is -2.72. The SMILES string of the molecule is O=C(O)c1cn(-c2ccc(N3CCOC3=O)cc2)c(=O)n(C2CCc3c2cccc3C(F)(F)F)c1=O. The standard InChI is InChI=1S/C24H18F3N3O6/c25-24(26,27)18-3-1-2-16-15(18)8-9-19(16)30-20(31)17(21(32)33)12-29(22(30)34)14-6-4-13(5-7-14)28-10-11-36-23(28)35/h1-7,12,19H,8-11H2,(H,32,33). The summed E-state index contributed by atoms with van der Waals surface area (Å²) in [6, 6.07) is 8.48. The zero-order chi connectivity index (χ0) is 25.8. The van der Waals surface area contributed by atoms with Crippen molar-refractivity contribution in [2.24, 2.45) is 0 Å². The predicted octanol–water partition coefficient (Wildman–Crippen LogP) is 3.21. The van der Waals surface area contributed by atoms with Crippen LogP contribution in [-0.4, -0.2) is 39.5 Å². The Morgan fingerprint density at radius 1 is 1.03 bits per heavy atom. The minimum Gasteiger partial charge on any atom is -0.477 e. The second-order valence-electron chi connectivity index (χ2n) is 8.38. The Morgan fingerprint density at radius 3 is 2.33 bits per heavy atom. The van der Waals surface area contributed by atoms with Gasteiger partial charge in [0.05, 0.1) is 23.8 Å². The summed E-state index contributed by atoms with van der Waals surface area (Å²) in [4.78, 5) is 51.5. The number of nitrogens with zero attached hydrogens (tertiary/aromatic N) is 3. The molecule has 12 heteroatoms. The first-order valence-electron chi connectivity index (χ1n) is 10.9. The number of anilines is 1. The zero-order valence-corrected chi connectivity index (χ0v) is 18.5. The number of carboxylic acids is 1. The Hall–Kier alpha value is -4.35. The van der Waals surface area contributed by atoms with Crippen LogP contribution in [0.2, 0.25) is 0 Å². The van der Waals surface area contributed by atoms with Crippen LogP contribution in [0.25, 0.3) is 5.69 Å². The van der Waals surface area contributed by atoms with Crippen LogP contribution in [0.4, 0.5) is 23.7 Å². The number of rotatable bonds is 4. The molecule has 1 fully saturated rings. The van der Waals surface area contributed by atoms with Gasteiger partial charge < -0.3 is 9.84 Å². The highest BCUT2D eigenvalue weighted by Crippen LogP contribution is 2.41.